The number of para-hydroxylation sites is 4. The molecule has 0 fully saturated rings. The van der Waals surface area contributed by atoms with Crippen LogP contribution < -0.4 is 62.9 Å². The van der Waals surface area contributed by atoms with Gasteiger partial charge in [-0.2, -0.15) is 13.7 Å². The molecule has 0 atom stereocenters. The van der Waals surface area contributed by atoms with Gasteiger partial charge in [0.2, 0.25) is 17.1 Å². The Morgan fingerprint density at radius 3 is 1.22 bits per heavy atom. The van der Waals surface area contributed by atoms with Crippen LogP contribution in [-0.2, 0) is 52.7 Å². The first-order valence-corrected chi connectivity index (χ1v) is 45.4. The molecule has 0 spiro atoms. The third-order valence-electron chi connectivity index (χ3n) is 24.2. The largest absolute Gasteiger partial charge is 1.00 e. The average molecular weight is 1670 g/mol. The molecule has 20 heteroatoms. The van der Waals surface area contributed by atoms with E-state index in [1.165, 1.54) is 115 Å². The van der Waals surface area contributed by atoms with Crippen LogP contribution in [0, 0.1) is 10.2 Å². The zero-order valence-electron chi connectivity index (χ0n) is 72.3. The molecule has 0 N–H and O–H groups in total. The second kappa shape index (κ2) is 37.7. The number of anilines is 3. The summed E-state index contributed by atoms with van der Waals surface area (Å²) in [6.45, 7) is 34.8. The van der Waals surface area contributed by atoms with Crippen LogP contribution in [-0.4, -0.2) is 109 Å². The van der Waals surface area contributed by atoms with Gasteiger partial charge in [-0.3, -0.25) is 0 Å². The quantitative estimate of drug-likeness (QED) is 0.0252. The van der Waals surface area contributed by atoms with Crippen LogP contribution in [0.3, 0.4) is 0 Å². The van der Waals surface area contributed by atoms with E-state index in [-0.39, 0.29) is 74.9 Å². The molecule has 0 amide bonds. The number of likely N-dealkylation sites (N-methyl/N-ethyl adjacent to an activating group) is 1. The first-order valence-electron chi connectivity index (χ1n) is 41.0. The van der Waals surface area contributed by atoms with Crippen LogP contribution in [0.15, 0.2) is 278 Å². The third-order valence-corrected chi connectivity index (χ3v) is 25.8. The number of hydrogen-bond donors (Lipinski definition) is 0. The van der Waals surface area contributed by atoms with E-state index < -0.39 is 42.0 Å². The zero-order chi connectivity index (χ0) is 85.6. The van der Waals surface area contributed by atoms with Gasteiger partial charge in [0, 0.05) is 148 Å². The molecule has 0 radical (unpaired) electrons. The number of allylic oxidation sites excluding steroid dienone is 18. The molecule has 6 aliphatic rings. The van der Waals surface area contributed by atoms with Crippen LogP contribution in [0.5, 0.6) is 0 Å². The van der Waals surface area contributed by atoms with E-state index in [1.54, 1.807) is 0 Å². The van der Waals surface area contributed by atoms with Crippen LogP contribution in [0.2, 0.25) is 0 Å². The van der Waals surface area contributed by atoms with Gasteiger partial charge in [-0.05, 0) is 135 Å². The first-order chi connectivity index (χ1) is 55.7. The minimum absolute atomic E-state index is 0. The molecule has 0 aliphatic carbocycles. The Balaban J connectivity index is 0.000000182. The van der Waals surface area contributed by atoms with E-state index in [2.05, 4.69) is 334 Å². The third kappa shape index (κ3) is 20.2. The van der Waals surface area contributed by atoms with Crippen molar-refractivity contribution in [2.45, 2.75) is 168 Å². The minimum Gasteiger partial charge on any atom is -0.748 e. The summed E-state index contributed by atoms with van der Waals surface area (Å²) in [6.07, 6.45) is 37.5. The van der Waals surface area contributed by atoms with E-state index in [9.17, 15) is 25.9 Å². The van der Waals surface area contributed by atoms with Crippen LogP contribution >= 0.6 is 0 Å². The minimum atomic E-state index is -4.94. The topological polar surface area (TPSA) is 225 Å². The van der Waals surface area contributed by atoms with Gasteiger partial charge >= 0.3 is 29.6 Å². The molecule has 0 aromatic heterocycles. The Hall–Kier alpha value is -8.70. The van der Waals surface area contributed by atoms with Crippen molar-refractivity contribution in [2.24, 2.45) is 0 Å². The first kappa shape index (κ1) is 92.6. The molecule has 6 heterocycles. The number of benzene rings is 8. The standard InChI is InChI=1S/C35H35N2.C33H43N2.C31H38N2O6S2.ClHO4.Na/c1-34(2)30(36(5)28-22-20-24-14-10-12-16-26(24)32(28)34)18-8-7-9-19-31-35(3,4)33-27-17-13-11-15-25(27)21-23-29(33)37(31)6;1-7-9-24-34-28-20-16-14-18-26(28)32(3,4)30(34)22-12-11-13-23-31-33(5,6)27-19-15-17-21-29(27)35(31)25-10-8-2;1-30(2)24-14-8-10-16-26(24)32(20-12-22-40(34,35)36)28(30)18-6-5-7-19-29-31(3,4)25-15-9-11-17-27(25)33(29)21-13-23-41(37,38)39;2-1(3,4)5;/h7-23H,1-6H3;11-23H,7-10,24-25H2,1-6H3;5-11,14-19H,12-13,20-23H2,1-4H3,(H-,34,35,36,37,38,39);(H,2,3,4,5);/q2*+1;;;+1/p-2. The Kier molecular flexibility index (Phi) is 29.4. The Labute approximate surface area is 731 Å². The van der Waals surface area contributed by atoms with Crippen molar-refractivity contribution in [1.82, 2.24) is 0 Å². The number of fused-ring (bicyclic) bond motifs is 10. The molecule has 8 aromatic rings. The maximum Gasteiger partial charge on any atom is 1.00 e. The van der Waals surface area contributed by atoms with Crippen molar-refractivity contribution >= 4 is 93.0 Å². The fourth-order valence-electron chi connectivity index (χ4n) is 18.4. The van der Waals surface area contributed by atoms with E-state index in [0.29, 0.717) is 13.1 Å². The summed E-state index contributed by atoms with van der Waals surface area (Å²) in [5, 5.41) is 5.30. The van der Waals surface area contributed by atoms with E-state index in [1.807, 2.05) is 66.8 Å². The van der Waals surface area contributed by atoms with Gasteiger partial charge in [0.1, 0.15) is 20.1 Å². The normalized spacial score (nSPS) is 18.7. The van der Waals surface area contributed by atoms with Gasteiger partial charge in [-0.15, -0.1) is 10.2 Å². The molecule has 0 bridgehead atoms. The van der Waals surface area contributed by atoms with Crippen LogP contribution in [0.1, 0.15) is 169 Å². The Bertz CT molecular complexity index is 5740. The zero-order valence-corrected chi connectivity index (χ0v) is 76.7. The monoisotopic (exact) mass is 1670 g/mol. The Morgan fingerprint density at radius 2 is 0.756 bits per heavy atom. The second-order valence-corrected chi connectivity index (χ2v) is 38.1. The smallest absolute Gasteiger partial charge is 0.748 e. The molecule has 0 saturated carbocycles. The fraction of sp³-hybridized carbons (Fsp3) is 0.343. The predicted octanol–water partition coefficient (Wildman–Crippen LogP) is 13.9. The van der Waals surface area contributed by atoms with Crippen molar-refractivity contribution in [2.75, 3.05) is 66.5 Å². The summed E-state index contributed by atoms with van der Waals surface area (Å²) in [5.74, 6) is -0.821. The van der Waals surface area contributed by atoms with E-state index >= 15 is 0 Å². The molecular formula is C99H115ClN6NaO10S2+. The van der Waals surface area contributed by atoms with Crippen molar-refractivity contribution in [3.63, 3.8) is 0 Å². The average Bonchev–Trinajstić information content (AvgIpc) is 1.62. The molecule has 8 aromatic carbocycles. The molecule has 0 unspecified atom stereocenters. The van der Waals surface area contributed by atoms with Gasteiger partial charge in [-0.1, -0.05) is 250 Å². The number of halogens is 1. The molecule has 14 rings (SSSR count). The predicted molar refractivity (Wildman–Crippen MR) is 473 cm³/mol. The number of unbranched alkanes of at least 4 members (excludes halogenated alkanes) is 2. The van der Waals surface area contributed by atoms with Gasteiger partial charge in [0.05, 0.1) is 36.5 Å². The summed E-state index contributed by atoms with van der Waals surface area (Å²) >= 11 is 0. The summed E-state index contributed by atoms with van der Waals surface area (Å²) in [4.78, 5) is 6.97. The molecule has 119 heavy (non-hydrogen) atoms. The maximum absolute atomic E-state index is 11.2. The number of rotatable bonds is 23. The summed E-state index contributed by atoms with van der Waals surface area (Å²) in [5.41, 5.74) is 22.0. The maximum atomic E-state index is 11.2. The fourth-order valence-corrected chi connectivity index (χ4v) is 19.4. The van der Waals surface area contributed by atoms with Crippen molar-refractivity contribution in [3.8, 4) is 0 Å². The van der Waals surface area contributed by atoms with Crippen molar-refractivity contribution in [1.29, 1.82) is 0 Å². The van der Waals surface area contributed by atoms with Gasteiger partial charge in [0.25, 0.3) is 0 Å². The molecule has 0 saturated heterocycles. The van der Waals surface area contributed by atoms with Gasteiger partial charge in [0.15, 0.2) is 17.1 Å². The van der Waals surface area contributed by atoms with Crippen LogP contribution in [0.4, 0.5) is 34.1 Å². The van der Waals surface area contributed by atoms with E-state index in [4.69, 9.17) is 18.6 Å². The molecule has 16 nitrogen and oxygen atoms in total. The summed E-state index contributed by atoms with van der Waals surface area (Å²) < 4.78 is 108. The number of nitrogens with zero attached hydrogens (tertiary/aromatic N) is 6. The summed E-state index contributed by atoms with van der Waals surface area (Å²) in [7, 11) is -9.15. The number of hydrogen-bond acceptors (Lipinski definition) is 13. The van der Waals surface area contributed by atoms with Crippen molar-refractivity contribution in [3.05, 3.63) is 311 Å². The van der Waals surface area contributed by atoms with E-state index in [0.717, 1.165) is 47.0 Å². The molecule has 620 valence electrons. The van der Waals surface area contributed by atoms with Crippen LogP contribution in [0.25, 0.3) is 21.5 Å². The van der Waals surface area contributed by atoms with Gasteiger partial charge < -0.3 is 23.8 Å². The van der Waals surface area contributed by atoms with Crippen molar-refractivity contribution < 1.29 is 98.1 Å². The SMILES string of the molecule is CC1(C)C(/C=C/C=C/C=C2/N(CCCS(=O)(=O)[O-])c3ccccc3C2(C)C)=[N+](CCCS(=O)(=O)[O-])c2ccccc21.CCCCN1/C(=C/C=C/C=C/C2=[N+](CCCC)c3ccccc3C2(C)C)C(C)(C)c2ccccc21.CN1/C(=C/C=C/C=C/C2=[N+](C)c3ccc4ccccc4c3C2(C)C)C(C)(C)c2c1ccc1ccccc21.[Na+].[O-][Cl+3]([O-])([O-])[O-]. The molecular weight excluding hydrogens is 1560 g/mol. The Morgan fingerprint density at radius 1 is 0.378 bits per heavy atom. The van der Waals surface area contributed by atoms with Gasteiger partial charge in [-0.25, -0.2) is 35.5 Å². The second-order valence-electron chi connectivity index (χ2n) is 34.3. The summed E-state index contributed by atoms with van der Waals surface area (Å²) in [6, 6.07) is 60.3. The molecule has 6 aliphatic heterocycles.